The first-order valence-corrected chi connectivity index (χ1v) is 8.22. The Morgan fingerprint density at radius 2 is 1.95 bits per heavy atom. The van der Waals surface area contributed by atoms with Crippen LogP contribution in [-0.4, -0.2) is 11.1 Å². The second-order valence-corrected chi connectivity index (χ2v) is 7.17. The van der Waals surface area contributed by atoms with Gasteiger partial charge in [-0.05, 0) is 53.8 Å². The van der Waals surface area contributed by atoms with Crippen molar-refractivity contribution >= 4 is 50.6 Å². The standard InChI is InChI=1S/C17H12Cl2O2S/c1-9-13(6-10-2-4-12(18)8-15(10)19)14-7-11(17(20)21)3-5-16(14)22-9/h2-5,7-8H,6H2,1H3,(H,20,21). The van der Waals surface area contributed by atoms with E-state index in [-0.39, 0.29) is 0 Å². The number of aryl methyl sites for hydroxylation is 1. The van der Waals surface area contributed by atoms with Crippen LogP contribution in [0, 0.1) is 6.92 Å². The maximum Gasteiger partial charge on any atom is 0.335 e. The van der Waals surface area contributed by atoms with Crippen molar-refractivity contribution in [2.75, 3.05) is 0 Å². The first-order valence-electron chi connectivity index (χ1n) is 6.65. The molecule has 2 nitrogen and oxygen atoms in total. The summed E-state index contributed by atoms with van der Waals surface area (Å²) in [6.45, 7) is 2.05. The number of carbonyl (C=O) groups is 1. The van der Waals surface area contributed by atoms with Crippen LogP contribution in [0.4, 0.5) is 0 Å². The number of carboxylic acid groups (broad SMARTS) is 1. The third kappa shape index (κ3) is 2.84. The Hall–Kier alpha value is -1.55. The van der Waals surface area contributed by atoms with Gasteiger partial charge in [0.1, 0.15) is 0 Å². The van der Waals surface area contributed by atoms with Gasteiger partial charge in [0.25, 0.3) is 0 Å². The van der Waals surface area contributed by atoms with Crippen LogP contribution in [0.1, 0.15) is 26.4 Å². The van der Waals surface area contributed by atoms with E-state index < -0.39 is 5.97 Å². The first kappa shape index (κ1) is 15.3. The zero-order valence-corrected chi connectivity index (χ0v) is 14.0. The van der Waals surface area contributed by atoms with Crippen molar-refractivity contribution in [2.24, 2.45) is 0 Å². The van der Waals surface area contributed by atoms with E-state index in [1.54, 1.807) is 29.5 Å². The Labute approximate surface area is 141 Å². The highest BCUT2D eigenvalue weighted by molar-refractivity contribution is 7.19. The lowest BCUT2D eigenvalue weighted by Gasteiger charge is -2.06. The molecule has 0 aliphatic rings. The molecule has 0 radical (unpaired) electrons. The summed E-state index contributed by atoms with van der Waals surface area (Å²) in [6.07, 6.45) is 0.658. The van der Waals surface area contributed by atoms with Gasteiger partial charge in [-0.3, -0.25) is 0 Å². The van der Waals surface area contributed by atoms with Gasteiger partial charge in [-0.2, -0.15) is 0 Å². The SMILES string of the molecule is Cc1sc2ccc(C(=O)O)cc2c1Cc1ccc(Cl)cc1Cl. The van der Waals surface area contributed by atoms with Gasteiger partial charge < -0.3 is 5.11 Å². The molecule has 0 saturated heterocycles. The second-order valence-electron chi connectivity index (χ2n) is 5.07. The van der Waals surface area contributed by atoms with Gasteiger partial charge in [-0.15, -0.1) is 11.3 Å². The molecule has 0 unspecified atom stereocenters. The van der Waals surface area contributed by atoms with Crippen LogP contribution < -0.4 is 0 Å². The number of hydrogen-bond acceptors (Lipinski definition) is 2. The van der Waals surface area contributed by atoms with Crippen LogP contribution in [0.15, 0.2) is 36.4 Å². The first-order chi connectivity index (χ1) is 10.5. The predicted octanol–water partition coefficient (Wildman–Crippen LogP) is 5.81. The molecule has 0 amide bonds. The van der Waals surface area contributed by atoms with E-state index in [9.17, 15) is 9.90 Å². The topological polar surface area (TPSA) is 37.3 Å². The maximum absolute atomic E-state index is 11.2. The van der Waals surface area contributed by atoms with Crippen molar-refractivity contribution in [3.05, 3.63) is 68.0 Å². The number of halogens is 2. The molecule has 112 valence electrons. The molecule has 0 atom stereocenters. The van der Waals surface area contributed by atoms with Gasteiger partial charge >= 0.3 is 5.97 Å². The average Bonchev–Trinajstić information content (AvgIpc) is 2.77. The number of rotatable bonds is 3. The van der Waals surface area contributed by atoms with Gasteiger partial charge in [-0.25, -0.2) is 4.79 Å². The van der Waals surface area contributed by atoms with Crippen molar-refractivity contribution in [3.8, 4) is 0 Å². The molecule has 3 aromatic rings. The van der Waals surface area contributed by atoms with Crippen LogP contribution in [0.25, 0.3) is 10.1 Å². The predicted molar refractivity (Wildman–Crippen MR) is 92.8 cm³/mol. The number of benzene rings is 2. The van der Waals surface area contributed by atoms with Crippen molar-refractivity contribution in [1.29, 1.82) is 0 Å². The highest BCUT2D eigenvalue weighted by Gasteiger charge is 2.14. The third-order valence-electron chi connectivity index (χ3n) is 3.62. The lowest BCUT2D eigenvalue weighted by Crippen LogP contribution is -1.96. The number of hydrogen-bond donors (Lipinski definition) is 1. The summed E-state index contributed by atoms with van der Waals surface area (Å²) in [5, 5.41) is 11.4. The molecule has 1 N–H and O–H groups in total. The normalized spacial score (nSPS) is 11.0. The fourth-order valence-electron chi connectivity index (χ4n) is 2.48. The van der Waals surface area contributed by atoms with Gasteiger partial charge in [0.2, 0.25) is 0 Å². The Kier molecular flexibility index (Phi) is 4.13. The van der Waals surface area contributed by atoms with Crippen molar-refractivity contribution in [1.82, 2.24) is 0 Å². The molecule has 0 saturated carbocycles. The quantitative estimate of drug-likeness (QED) is 0.647. The largest absolute Gasteiger partial charge is 0.478 e. The van der Waals surface area contributed by atoms with Gasteiger partial charge in [0, 0.05) is 26.0 Å². The van der Waals surface area contributed by atoms with E-state index >= 15 is 0 Å². The van der Waals surface area contributed by atoms with E-state index in [1.165, 1.54) is 4.88 Å². The van der Waals surface area contributed by atoms with Crippen molar-refractivity contribution in [2.45, 2.75) is 13.3 Å². The van der Waals surface area contributed by atoms with Crippen molar-refractivity contribution in [3.63, 3.8) is 0 Å². The number of thiophene rings is 1. The summed E-state index contributed by atoms with van der Waals surface area (Å²) < 4.78 is 1.09. The van der Waals surface area contributed by atoms with E-state index in [0.717, 1.165) is 21.2 Å². The summed E-state index contributed by atoms with van der Waals surface area (Å²) in [5.41, 5.74) is 2.40. The Bertz CT molecular complexity index is 884. The fraction of sp³-hybridized carbons (Fsp3) is 0.118. The van der Waals surface area contributed by atoms with E-state index in [2.05, 4.69) is 0 Å². The number of fused-ring (bicyclic) bond motifs is 1. The molecule has 0 bridgehead atoms. The molecule has 0 spiro atoms. The van der Waals surface area contributed by atoms with Gasteiger partial charge in [-0.1, -0.05) is 29.3 Å². The maximum atomic E-state index is 11.2. The molecule has 22 heavy (non-hydrogen) atoms. The molecule has 3 rings (SSSR count). The van der Waals surface area contributed by atoms with Gasteiger partial charge in [0.15, 0.2) is 0 Å². The molecule has 0 aliphatic carbocycles. The zero-order valence-electron chi connectivity index (χ0n) is 11.7. The van der Waals surface area contributed by atoms with Crippen LogP contribution in [0.2, 0.25) is 10.0 Å². The lowest BCUT2D eigenvalue weighted by atomic mass is 10.0. The molecule has 5 heteroatoms. The molecule has 1 heterocycles. The second kappa shape index (κ2) is 5.92. The molecule has 0 fully saturated rings. The van der Waals surface area contributed by atoms with Crippen LogP contribution in [0.3, 0.4) is 0 Å². The van der Waals surface area contributed by atoms with Crippen LogP contribution >= 0.6 is 34.5 Å². The zero-order chi connectivity index (χ0) is 15.9. The van der Waals surface area contributed by atoms with Crippen LogP contribution in [-0.2, 0) is 6.42 Å². The van der Waals surface area contributed by atoms with E-state index in [1.807, 2.05) is 25.1 Å². The summed E-state index contributed by atoms with van der Waals surface area (Å²) >= 11 is 13.9. The fourth-order valence-corrected chi connectivity index (χ4v) is 4.02. The molecular formula is C17H12Cl2O2S. The van der Waals surface area contributed by atoms with Gasteiger partial charge in [0.05, 0.1) is 5.56 Å². The monoisotopic (exact) mass is 350 g/mol. The summed E-state index contributed by atoms with van der Waals surface area (Å²) in [7, 11) is 0. The van der Waals surface area contributed by atoms with Crippen molar-refractivity contribution < 1.29 is 9.90 Å². The van der Waals surface area contributed by atoms with Crippen LogP contribution in [0.5, 0.6) is 0 Å². The molecule has 2 aromatic carbocycles. The molecular weight excluding hydrogens is 339 g/mol. The number of aromatic carboxylic acids is 1. The third-order valence-corrected chi connectivity index (χ3v) is 5.34. The minimum atomic E-state index is -0.916. The summed E-state index contributed by atoms with van der Waals surface area (Å²) in [4.78, 5) is 12.4. The smallest absolute Gasteiger partial charge is 0.335 e. The Morgan fingerprint density at radius 3 is 2.64 bits per heavy atom. The molecule has 0 aliphatic heterocycles. The van der Waals surface area contributed by atoms with E-state index in [0.29, 0.717) is 22.0 Å². The minimum absolute atomic E-state index is 0.300. The highest BCUT2D eigenvalue weighted by Crippen LogP contribution is 2.34. The Balaban J connectivity index is 2.11. The van der Waals surface area contributed by atoms with E-state index in [4.69, 9.17) is 23.2 Å². The molecule has 1 aromatic heterocycles. The summed E-state index contributed by atoms with van der Waals surface area (Å²) in [6, 6.07) is 10.7. The lowest BCUT2D eigenvalue weighted by molar-refractivity contribution is 0.0697. The summed E-state index contributed by atoms with van der Waals surface area (Å²) in [5.74, 6) is -0.916. The average molecular weight is 351 g/mol. The Morgan fingerprint density at radius 1 is 1.18 bits per heavy atom. The highest BCUT2D eigenvalue weighted by atomic mass is 35.5. The minimum Gasteiger partial charge on any atom is -0.478 e. The number of carboxylic acids is 1.